The number of ether oxygens (including phenoxy) is 6. The number of aryl methyl sites for hydroxylation is 1. The van der Waals surface area contributed by atoms with Crippen LogP contribution in [0.25, 0.3) is 0 Å². The summed E-state index contributed by atoms with van der Waals surface area (Å²) in [6, 6.07) is 34.5. The van der Waals surface area contributed by atoms with Gasteiger partial charge in [-0.05, 0) is 87.7 Å². The van der Waals surface area contributed by atoms with Crippen LogP contribution < -0.4 is 20.7 Å². The molecule has 0 aliphatic carbocycles. The van der Waals surface area contributed by atoms with E-state index in [0.29, 0.717) is 11.5 Å². The Morgan fingerprint density at radius 3 is 1.97 bits per heavy atom. The van der Waals surface area contributed by atoms with Crippen LogP contribution in [-0.2, 0) is 43.4 Å². The fraction of sp³-hybridized carbons (Fsp3) is 0.408. The molecule has 4 aromatic carbocycles. The molecule has 2 heterocycles. The summed E-state index contributed by atoms with van der Waals surface area (Å²) in [5.41, 5.74) is 0.530. The number of sulfone groups is 1. The van der Waals surface area contributed by atoms with Gasteiger partial charge in [0.15, 0.2) is 16.1 Å². The second-order valence-corrected chi connectivity index (χ2v) is 19.8. The second kappa shape index (κ2) is 23.7. The third-order valence-corrected chi connectivity index (χ3v) is 15.0. The number of H-pyrrole nitrogens is 1. The van der Waals surface area contributed by atoms with Gasteiger partial charge in [-0.2, -0.15) is 5.26 Å². The van der Waals surface area contributed by atoms with Crippen LogP contribution in [0.3, 0.4) is 0 Å². The fourth-order valence-corrected chi connectivity index (χ4v) is 10.8. The molecule has 358 valence electrons. The Morgan fingerprint density at radius 2 is 1.42 bits per heavy atom. The zero-order chi connectivity index (χ0) is 48.1. The molecule has 0 saturated carbocycles. The standard InChI is InChI=1S/C49H59N4O12PS/c1-34(2)53(35(3)4)66(63-29-11-27-50)65-45-43(32-62-49(37-12-9-8-10-13-37,38-16-20-40(58-6)21-17-38)39-18-22-41(59-7)23-19-39)64-47(52-28-26-44(54)51-48(52)55)46(45)61-33-60-30-31-67(56,57)42-24-14-36(5)15-25-42/h8-10,12-26,28,34-35,43,45-47H,11,29-33H2,1-7H3,(H,51,54,55)/t43-,45-,46-,47-,66?/m1/s1. The molecule has 1 unspecified atom stereocenters. The molecule has 0 amide bonds. The zero-order valence-electron chi connectivity index (χ0n) is 38.8. The van der Waals surface area contributed by atoms with Gasteiger partial charge in [-0.3, -0.25) is 14.3 Å². The first-order chi connectivity index (χ1) is 32.2. The van der Waals surface area contributed by atoms with Crippen LogP contribution in [0.4, 0.5) is 0 Å². The fourth-order valence-electron chi connectivity index (χ4n) is 7.90. The predicted molar refractivity (Wildman–Crippen MR) is 253 cm³/mol. The van der Waals surface area contributed by atoms with Crippen molar-refractivity contribution >= 4 is 18.4 Å². The van der Waals surface area contributed by atoms with Gasteiger partial charge < -0.3 is 37.5 Å². The van der Waals surface area contributed by atoms with Crippen LogP contribution in [0, 0.1) is 18.3 Å². The zero-order valence-corrected chi connectivity index (χ0v) is 40.5. The van der Waals surface area contributed by atoms with Gasteiger partial charge in [0, 0.05) is 24.3 Å². The van der Waals surface area contributed by atoms with E-state index in [2.05, 4.69) is 15.7 Å². The highest BCUT2D eigenvalue weighted by molar-refractivity contribution is 7.91. The number of nitrogens with one attached hydrogen (secondary N) is 1. The van der Waals surface area contributed by atoms with Crippen molar-refractivity contribution in [1.82, 2.24) is 14.2 Å². The molecular formula is C49H59N4O12PS. The van der Waals surface area contributed by atoms with Crippen LogP contribution in [-0.4, -0.2) is 99.6 Å². The highest BCUT2D eigenvalue weighted by Crippen LogP contribution is 2.51. The Balaban J connectivity index is 1.44. The van der Waals surface area contributed by atoms with E-state index in [1.807, 2.05) is 113 Å². The molecule has 18 heteroatoms. The van der Waals surface area contributed by atoms with Crippen molar-refractivity contribution in [3.8, 4) is 17.6 Å². The third-order valence-electron chi connectivity index (χ3n) is 11.1. The third kappa shape index (κ3) is 12.5. The van der Waals surface area contributed by atoms with Crippen molar-refractivity contribution in [1.29, 1.82) is 5.26 Å². The average molecular weight is 959 g/mol. The highest BCUT2D eigenvalue weighted by atomic mass is 32.2. The van der Waals surface area contributed by atoms with E-state index >= 15 is 0 Å². The van der Waals surface area contributed by atoms with Crippen molar-refractivity contribution in [2.75, 3.05) is 46.6 Å². The number of hydrogen-bond donors (Lipinski definition) is 1. The lowest BCUT2D eigenvalue weighted by Gasteiger charge is -2.39. The Labute approximate surface area is 393 Å². The van der Waals surface area contributed by atoms with Crippen LogP contribution in [0.15, 0.2) is 130 Å². The van der Waals surface area contributed by atoms with E-state index in [0.717, 1.165) is 22.3 Å². The molecule has 0 spiro atoms. The number of aromatic amines is 1. The van der Waals surface area contributed by atoms with Gasteiger partial charge in [0.2, 0.25) is 0 Å². The largest absolute Gasteiger partial charge is 0.497 e. The van der Waals surface area contributed by atoms with E-state index in [9.17, 15) is 23.3 Å². The average Bonchev–Trinajstić information content (AvgIpc) is 3.65. The van der Waals surface area contributed by atoms with Gasteiger partial charge in [-0.1, -0.05) is 72.3 Å². The highest BCUT2D eigenvalue weighted by Gasteiger charge is 2.51. The van der Waals surface area contributed by atoms with Gasteiger partial charge in [0.1, 0.15) is 42.2 Å². The molecule has 0 radical (unpaired) electrons. The smallest absolute Gasteiger partial charge is 0.330 e. The molecule has 1 aliphatic rings. The van der Waals surface area contributed by atoms with Gasteiger partial charge in [-0.25, -0.2) is 17.9 Å². The lowest BCUT2D eigenvalue weighted by atomic mass is 9.80. The quantitative estimate of drug-likeness (QED) is 0.0281. The van der Waals surface area contributed by atoms with Gasteiger partial charge in [-0.15, -0.1) is 0 Å². The first-order valence-electron chi connectivity index (χ1n) is 21.9. The normalized spacial score (nSPS) is 18.0. The molecule has 0 bridgehead atoms. The van der Waals surface area contributed by atoms with Crippen molar-refractivity contribution in [3.05, 3.63) is 158 Å². The molecule has 5 aromatic rings. The first-order valence-corrected chi connectivity index (χ1v) is 24.7. The minimum atomic E-state index is -3.69. The molecule has 1 fully saturated rings. The second-order valence-electron chi connectivity index (χ2n) is 16.3. The molecule has 5 atom stereocenters. The molecule has 1 aliphatic heterocycles. The number of benzene rings is 4. The number of aromatic nitrogens is 2. The van der Waals surface area contributed by atoms with Crippen LogP contribution in [0.1, 0.15) is 62.6 Å². The molecule has 67 heavy (non-hydrogen) atoms. The molecule has 16 nitrogen and oxygen atoms in total. The Hall–Kier alpha value is -5.25. The van der Waals surface area contributed by atoms with E-state index in [1.54, 1.807) is 38.5 Å². The molecule has 6 rings (SSSR count). The SMILES string of the molecule is COc1ccc(C(OC[C@H]2O[C@@H](n3ccc(=O)[nH]c3=O)[C@H](OCOCCS(=O)(=O)c3ccc(C)cc3)[C@@H]2OP(OCCC#N)N(C(C)C)C(C)C)(c2ccccc2)c2ccc(OC)cc2)cc1. The van der Waals surface area contributed by atoms with Crippen molar-refractivity contribution in [3.63, 3.8) is 0 Å². The van der Waals surface area contributed by atoms with Gasteiger partial charge in [0.05, 0.1) is 57.2 Å². The molecule has 1 N–H and O–H groups in total. The molecule has 1 saturated heterocycles. The van der Waals surface area contributed by atoms with E-state index in [1.165, 1.54) is 16.8 Å². The summed E-state index contributed by atoms with van der Waals surface area (Å²) in [4.78, 5) is 28.5. The maximum atomic E-state index is 13.6. The molecular weight excluding hydrogens is 900 g/mol. The Bertz CT molecular complexity index is 2550. The minimum absolute atomic E-state index is 0.0614. The summed E-state index contributed by atoms with van der Waals surface area (Å²) in [7, 11) is -2.46. The van der Waals surface area contributed by atoms with E-state index in [-0.39, 0.29) is 49.0 Å². The monoisotopic (exact) mass is 958 g/mol. The number of methoxy groups -OCH3 is 2. The Morgan fingerprint density at radius 1 is 0.821 bits per heavy atom. The Kier molecular flexibility index (Phi) is 18.1. The first kappa shape index (κ1) is 51.1. The van der Waals surface area contributed by atoms with Gasteiger partial charge >= 0.3 is 5.69 Å². The predicted octanol–water partition coefficient (Wildman–Crippen LogP) is 7.26. The van der Waals surface area contributed by atoms with Gasteiger partial charge in [0.25, 0.3) is 14.1 Å². The number of nitrogens with zero attached hydrogens (tertiary/aromatic N) is 3. The van der Waals surface area contributed by atoms with E-state index < -0.39 is 66.5 Å². The lowest BCUT2D eigenvalue weighted by molar-refractivity contribution is -0.136. The summed E-state index contributed by atoms with van der Waals surface area (Å²) in [6.45, 7) is 9.13. The van der Waals surface area contributed by atoms with Crippen molar-refractivity contribution < 1.29 is 45.9 Å². The van der Waals surface area contributed by atoms with Crippen molar-refractivity contribution in [2.24, 2.45) is 0 Å². The van der Waals surface area contributed by atoms with Crippen LogP contribution in [0.5, 0.6) is 11.5 Å². The summed E-state index contributed by atoms with van der Waals surface area (Å²) >= 11 is 0. The van der Waals surface area contributed by atoms with E-state index in [4.69, 9.17) is 37.5 Å². The summed E-state index contributed by atoms with van der Waals surface area (Å²) < 4.78 is 80.7. The topological polar surface area (TPSA) is 190 Å². The maximum Gasteiger partial charge on any atom is 0.330 e. The van der Waals surface area contributed by atoms with Crippen LogP contribution in [0.2, 0.25) is 0 Å². The summed E-state index contributed by atoms with van der Waals surface area (Å²) in [5, 5.41) is 9.51. The minimum Gasteiger partial charge on any atom is -0.497 e. The number of hydrogen-bond acceptors (Lipinski definition) is 14. The molecule has 1 aromatic heterocycles. The lowest BCUT2D eigenvalue weighted by Crippen LogP contribution is -2.43. The summed E-state index contributed by atoms with van der Waals surface area (Å²) in [6.07, 6.45) is -3.07. The van der Waals surface area contributed by atoms with Crippen LogP contribution >= 0.6 is 8.53 Å². The maximum absolute atomic E-state index is 13.6. The number of nitriles is 1. The number of rotatable bonds is 24. The van der Waals surface area contributed by atoms with Crippen molar-refractivity contribution in [2.45, 2.75) is 88.2 Å². The summed E-state index contributed by atoms with van der Waals surface area (Å²) in [5.74, 6) is 0.956.